The van der Waals surface area contributed by atoms with Crippen LogP contribution in [-0.2, 0) is 11.2 Å². The fraction of sp³-hybridized carbons (Fsp3) is 0.800. The lowest BCUT2D eigenvalue weighted by Crippen LogP contribution is -2.22. The number of aromatic nitrogens is 2. The maximum absolute atomic E-state index is 5.45. The molecule has 4 nitrogen and oxygen atoms in total. The van der Waals surface area contributed by atoms with Crippen molar-refractivity contribution >= 4 is 0 Å². The summed E-state index contributed by atoms with van der Waals surface area (Å²) in [6.45, 7) is 7.21. The standard InChI is InChI=1S/C15H25N3O/c1-11-15(5-8-16-13-3-4-13)12(2)18(17-11)14-6-9-19-10-7-14/h13-14,16H,3-10H2,1-2H3. The third kappa shape index (κ3) is 3.00. The Morgan fingerprint density at radius 1 is 1.21 bits per heavy atom. The Balaban J connectivity index is 1.67. The van der Waals surface area contributed by atoms with Crippen molar-refractivity contribution in [2.24, 2.45) is 0 Å². The highest BCUT2D eigenvalue weighted by atomic mass is 16.5. The highest BCUT2D eigenvalue weighted by Gasteiger charge is 2.22. The number of nitrogens with zero attached hydrogens (tertiary/aromatic N) is 2. The molecule has 0 atom stereocenters. The Bertz CT molecular complexity index is 431. The summed E-state index contributed by atoms with van der Waals surface area (Å²) in [5, 5.41) is 8.37. The Kier molecular flexibility index (Phi) is 3.89. The van der Waals surface area contributed by atoms with Gasteiger partial charge in [-0.15, -0.1) is 0 Å². The van der Waals surface area contributed by atoms with Gasteiger partial charge in [0, 0.05) is 24.9 Å². The minimum atomic E-state index is 0.539. The molecule has 1 N–H and O–H groups in total. The normalized spacial score (nSPS) is 20.9. The van der Waals surface area contributed by atoms with Gasteiger partial charge in [-0.3, -0.25) is 4.68 Å². The van der Waals surface area contributed by atoms with E-state index in [0.29, 0.717) is 6.04 Å². The fourth-order valence-electron chi connectivity index (χ4n) is 3.03. The predicted octanol–water partition coefficient (Wildman–Crippen LogP) is 2.15. The lowest BCUT2D eigenvalue weighted by atomic mass is 10.1. The molecule has 0 aromatic carbocycles. The fourth-order valence-corrected chi connectivity index (χ4v) is 3.03. The molecule has 1 saturated carbocycles. The molecule has 106 valence electrons. The van der Waals surface area contributed by atoms with Crippen molar-refractivity contribution in [1.29, 1.82) is 0 Å². The van der Waals surface area contributed by atoms with Crippen LogP contribution >= 0.6 is 0 Å². The molecule has 19 heavy (non-hydrogen) atoms. The van der Waals surface area contributed by atoms with Crippen LogP contribution in [0.2, 0.25) is 0 Å². The van der Waals surface area contributed by atoms with Crippen molar-refractivity contribution in [3.05, 3.63) is 17.0 Å². The van der Waals surface area contributed by atoms with Crippen LogP contribution in [0.25, 0.3) is 0 Å². The molecule has 4 heteroatoms. The molecule has 2 heterocycles. The van der Waals surface area contributed by atoms with Crippen molar-refractivity contribution < 1.29 is 4.74 Å². The first-order chi connectivity index (χ1) is 9.25. The molecule has 0 unspecified atom stereocenters. The Hall–Kier alpha value is -0.870. The van der Waals surface area contributed by atoms with Gasteiger partial charge < -0.3 is 10.1 Å². The second-order valence-electron chi connectivity index (χ2n) is 5.92. The van der Waals surface area contributed by atoms with Gasteiger partial charge in [0.15, 0.2) is 0 Å². The first-order valence-electron chi connectivity index (χ1n) is 7.61. The van der Waals surface area contributed by atoms with Crippen molar-refractivity contribution in [3.8, 4) is 0 Å². The molecule has 1 aromatic rings. The van der Waals surface area contributed by atoms with Crippen molar-refractivity contribution in [1.82, 2.24) is 15.1 Å². The third-order valence-corrected chi connectivity index (χ3v) is 4.40. The zero-order chi connectivity index (χ0) is 13.2. The zero-order valence-corrected chi connectivity index (χ0v) is 12.1. The maximum atomic E-state index is 5.45. The van der Waals surface area contributed by atoms with E-state index in [0.717, 1.165) is 45.1 Å². The van der Waals surface area contributed by atoms with E-state index in [4.69, 9.17) is 9.84 Å². The molecule has 1 saturated heterocycles. The second kappa shape index (κ2) is 5.63. The molecule has 0 spiro atoms. The highest BCUT2D eigenvalue weighted by Crippen LogP contribution is 2.25. The summed E-state index contributed by atoms with van der Waals surface area (Å²) in [4.78, 5) is 0. The summed E-state index contributed by atoms with van der Waals surface area (Å²) in [7, 11) is 0. The van der Waals surface area contributed by atoms with Crippen LogP contribution in [-0.4, -0.2) is 35.6 Å². The van der Waals surface area contributed by atoms with Gasteiger partial charge in [0.1, 0.15) is 0 Å². The molecule has 3 rings (SSSR count). The van der Waals surface area contributed by atoms with Crippen LogP contribution in [0, 0.1) is 13.8 Å². The van der Waals surface area contributed by atoms with E-state index in [1.54, 1.807) is 0 Å². The number of ether oxygens (including phenoxy) is 1. The van der Waals surface area contributed by atoms with Gasteiger partial charge in [0.05, 0.1) is 11.7 Å². The SMILES string of the molecule is Cc1nn(C2CCOCC2)c(C)c1CCNC1CC1. The van der Waals surface area contributed by atoms with Gasteiger partial charge in [-0.2, -0.15) is 5.10 Å². The third-order valence-electron chi connectivity index (χ3n) is 4.40. The predicted molar refractivity (Wildman–Crippen MR) is 75.5 cm³/mol. The van der Waals surface area contributed by atoms with Gasteiger partial charge >= 0.3 is 0 Å². The van der Waals surface area contributed by atoms with Gasteiger partial charge in [0.25, 0.3) is 0 Å². The van der Waals surface area contributed by atoms with Crippen molar-refractivity contribution in [2.45, 2.75) is 58.0 Å². The number of aryl methyl sites for hydroxylation is 1. The van der Waals surface area contributed by atoms with E-state index < -0.39 is 0 Å². The highest BCUT2D eigenvalue weighted by molar-refractivity contribution is 5.25. The number of nitrogens with one attached hydrogen (secondary N) is 1. The summed E-state index contributed by atoms with van der Waals surface area (Å²) in [6.07, 6.45) is 6.03. The van der Waals surface area contributed by atoms with Crippen LogP contribution in [0.4, 0.5) is 0 Å². The average Bonchev–Trinajstić information content (AvgIpc) is 3.20. The summed E-state index contributed by atoms with van der Waals surface area (Å²) in [5.41, 5.74) is 4.02. The van der Waals surface area contributed by atoms with E-state index in [1.165, 1.54) is 29.8 Å². The monoisotopic (exact) mass is 263 g/mol. The van der Waals surface area contributed by atoms with E-state index in [1.807, 2.05) is 0 Å². The largest absolute Gasteiger partial charge is 0.381 e. The maximum Gasteiger partial charge on any atom is 0.0629 e. The molecule has 0 amide bonds. The van der Waals surface area contributed by atoms with Gasteiger partial charge in [0.2, 0.25) is 0 Å². The van der Waals surface area contributed by atoms with Gasteiger partial charge in [-0.05, 0) is 58.1 Å². The number of rotatable bonds is 5. The summed E-state index contributed by atoms with van der Waals surface area (Å²) < 4.78 is 7.70. The average molecular weight is 263 g/mol. The molecule has 2 fully saturated rings. The topological polar surface area (TPSA) is 39.1 Å². The molecule has 0 radical (unpaired) electrons. The molecule has 1 aliphatic carbocycles. The summed E-state index contributed by atoms with van der Waals surface area (Å²) >= 11 is 0. The number of hydrogen-bond donors (Lipinski definition) is 1. The quantitative estimate of drug-likeness (QED) is 0.884. The smallest absolute Gasteiger partial charge is 0.0629 e. The van der Waals surface area contributed by atoms with Crippen LogP contribution in [0.3, 0.4) is 0 Å². The minimum absolute atomic E-state index is 0.539. The summed E-state index contributed by atoms with van der Waals surface area (Å²) in [5.74, 6) is 0. The van der Waals surface area contributed by atoms with Crippen LogP contribution in [0.15, 0.2) is 0 Å². The van der Waals surface area contributed by atoms with E-state index in [9.17, 15) is 0 Å². The Morgan fingerprint density at radius 2 is 1.95 bits per heavy atom. The first kappa shape index (κ1) is 13.1. The van der Waals surface area contributed by atoms with Crippen LogP contribution < -0.4 is 5.32 Å². The minimum Gasteiger partial charge on any atom is -0.381 e. The molecule has 0 bridgehead atoms. The lowest BCUT2D eigenvalue weighted by molar-refractivity contribution is 0.0656. The first-order valence-corrected chi connectivity index (χ1v) is 7.61. The van der Waals surface area contributed by atoms with E-state index in [-0.39, 0.29) is 0 Å². The van der Waals surface area contributed by atoms with E-state index in [2.05, 4.69) is 23.8 Å². The zero-order valence-electron chi connectivity index (χ0n) is 12.1. The van der Waals surface area contributed by atoms with Crippen LogP contribution in [0.1, 0.15) is 48.7 Å². The summed E-state index contributed by atoms with van der Waals surface area (Å²) in [6, 6.07) is 1.34. The molecular formula is C15H25N3O. The van der Waals surface area contributed by atoms with Gasteiger partial charge in [-0.1, -0.05) is 0 Å². The molecule has 1 aliphatic heterocycles. The Morgan fingerprint density at radius 3 is 2.63 bits per heavy atom. The van der Waals surface area contributed by atoms with E-state index >= 15 is 0 Å². The molecule has 1 aromatic heterocycles. The second-order valence-corrected chi connectivity index (χ2v) is 5.92. The molecule has 2 aliphatic rings. The van der Waals surface area contributed by atoms with Gasteiger partial charge in [-0.25, -0.2) is 0 Å². The molecular weight excluding hydrogens is 238 g/mol. The van der Waals surface area contributed by atoms with Crippen LogP contribution in [0.5, 0.6) is 0 Å². The number of hydrogen-bond acceptors (Lipinski definition) is 3. The van der Waals surface area contributed by atoms with Crippen molar-refractivity contribution in [2.75, 3.05) is 19.8 Å². The Labute approximate surface area is 115 Å². The van der Waals surface area contributed by atoms with Crippen molar-refractivity contribution in [3.63, 3.8) is 0 Å². The lowest BCUT2D eigenvalue weighted by Gasteiger charge is -2.23.